The number of carbonyl (C=O) groups is 2. The third kappa shape index (κ3) is 5.46. The van der Waals surface area contributed by atoms with Gasteiger partial charge >= 0.3 is 0 Å². The summed E-state index contributed by atoms with van der Waals surface area (Å²) in [5.74, 6) is -0.789. The van der Waals surface area contributed by atoms with Gasteiger partial charge in [-0.05, 0) is 12.1 Å². The van der Waals surface area contributed by atoms with Crippen molar-refractivity contribution in [2.24, 2.45) is 0 Å². The molecule has 1 aromatic carbocycles. The summed E-state index contributed by atoms with van der Waals surface area (Å²) >= 11 is 13.2. The average molecular weight is 431 g/mol. The lowest BCUT2D eigenvalue weighted by atomic mass is 10.3. The number of nitrogens with zero attached hydrogens (tertiary/aromatic N) is 2. The fourth-order valence-corrected chi connectivity index (χ4v) is 3.42. The molecule has 0 bridgehead atoms. The van der Waals surface area contributed by atoms with Gasteiger partial charge in [-0.15, -0.1) is 11.3 Å². The number of morpholine rings is 1. The SMILES string of the molecule is O=C(COc1cc(Cl)ccc1Cl)NNC(=O)c1csc(N2CCOCC2)n1. The molecule has 2 heterocycles. The molecule has 11 heteroatoms. The van der Waals surface area contributed by atoms with Crippen LogP contribution in [-0.4, -0.2) is 49.7 Å². The van der Waals surface area contributed by atoms with Crippen LogP contribution < -0.4 is 20.5 Å². The van der Waals surface area contributed by atoms with Crippen molar-refractivity contribution in [3.8, 4) is 5.75 Å². The third-order valence-electron chi connectivity index (χ3n) is 3.57. The number of halogens is 2. The Bertz CT molecular complexity index is 827. The molecule has 2 N–H and O–H groups in total. The van der Waals surface area contributed by atoms with Crippen LogP contribution in [0.15, 0.2) is 23.6 Å². The van der Waals surface area contributed by atoms with E-state index in [1.165, 1.54) is 17.4 Å². The third-order valence-corrected chi connectivity index (χ3v) is 5.02. The van der Waals surface area contributed by atoms with Crippen molar-refractivity contribution in [2.75, 3.05) is 37.8 Å². The minimum absolute atomic E-state index is 0.223. The number of carbonyl (C=O) groups excluding carboxylic acids is 2. The molecular weight excluding hydrogens is 415 g/mol. The Labute approximate surface area is 169 Å². The summed E-state index contributed by atoms with van der Waals surface area (Å²) in [6.07, 6.45) is 0. The van der Waals surface area contributed by atoms with E-state index in [0.29, 0.717) is 23.3 Å². The van der Waals surface area contributed by atoms with Crippen molar-refractivity contribution >= 4 is 51.5 Å². The van der Waals surface area contributed by atoms with E-state index in [4.69, 9.17) is 32.7 Å². The molecule has 1 aliphatic rings. The number of nitrogens with one attached hydrogen (secondary N) is 2. The Morgan fingerprint density at radius 3 is 2.81 bits per heavy atom. The van der Waals surface area contributed by atoms with Gasteiger partial charge in [0.1, 0.15) is 11.4 Å². The van der Waals surface area contributed by atoms with Crippen molar-refractivity contribution in [1.29, 1.82) is 0 Å². The zero-order chi connectivity index (χ0) is 19.2. The number of anilines is 1. The minimum atomic E-state index is -0.553. The molecule has 1 aromatic heterocycles. The molecule has 0 spiro atoms. The van der Waals surface area contributed by atoms with E-state index in [9.17, 15) is 9.59 Å². The largest absolute Gasteiger partial charge is 0.482 e. The molecule has 0 atom stereocenters. The van der Waals surface area contributed by atoms with Crippen LogP contribution in [0.4, 0.5) is 5.13 Å². The van der Waals surface area contributed by atoms with Crippen molar-refractivity contribution in [2.45, 2.75) is 0 Å². The van der Waals surface area contributed by atoms with Crippen LogP contribution in [-0.2, 0) is 9.53 Å². The van der Waals surface area contributed by atoms with E-state index in [2.05, 4.69) is 15.8 Å². The van der Waals surface area contributed by atoms with Crippen LogP contribution in [0.25, 0.3) is 0 Å². The molecule has 1 fully saturated rings. The summed E-state index contributed by atoms with van der Waals surface area (Å²) in [6.45, 7) is 2.39. The van der Waals surface area contributed by atoms with Gasteiger partial charge in [0.15, 0.2) is 11.7 Å². The van der Waals surface area contributed by atoms with Gasteiger partial charge in [-0.2, -0.15) is 0 Å². The molecule has 0 saturated carbocycles. The number of aromatic nitrogens is 1. The number of amides is 2. The second-order valence-electron chi connectivity index (χ2n) is 5.48. The topological polar surface area (TPSA) is 92.8 Å². The zero-order valence-electron chi connectivity index (χ0n) is 14.0. The predicted molar refractivity (Wildman–Crippen MR) is 103 cm³/mol. The molecule has 144 valence electrons. The standard InChI is InChI=1S/C16H16Cl2N4O4S/c17-10-1-2-11(18)13(7-10)26-8-14(23)20-21-15(24)12-9-27-16(19-12)22-3-5-25-6-4-22/h1-2,7,9H,3-6,8H2,(H,20,23)(H,21,24). The molecule has 2 amide bonds. The van der Waals surface area contributed by atoms with E-state index < -0.39 is 11.8 Å². The van der Waals surface area contributed by atoms with Gasteiger partial charge in [0.25, 0.3) is 11.8 Å². The maximum absolute atomic E-state index is 12.1. The van der Waals surface area contributed by atoms with Gasteiger partial charge in [0.05, 0.1) is 18.2 Å². The van der Waals surface area contributed by atoms with E-state index in [1.807, 2.05) is 4.90 Å². The highest BCUT2D eigenvalue weighted by Gasteiger charge is 2.18. The van der Waals surface area contributed by atoms with Crippen LogP contribution in [0.2, 0.25) is 10.0 Å². The highest BCUT2D eigenvalue weighted by molar-refractivity contribution is 7.13. The Morgan fingerprint density at radius 1 is 1.26 bits per heavy atom. The number of benzene rings is 1. The lowest BCUT2D eigenvalue weighted by Crippen LogP contribution is -2.44. The number of hydrogen-bond donors (Lipinski definition) is 2. The molecule has 1 aliphatic heterocycles. The van der Waals surface area contributed by atoms with Gasteiger partial charge in [-0.25, -0.2) is 4.98 Å². The van der Waals surface area contributed by atoms with E-state index in [-0.39, 0.29) is 18.1 Å². The summed E-state index contributed by atoms with van der Waals surface area (Å²) in [6, 6.07) is 4.67. The van der Waals surface area contributed by atoms with Gasteiger partial charge < -0.3 is 14.4 Å². The first-order valence-electron chi connectivity index (χ1n) is 7.98. The number of thiazole rings is 1. The van der Waals surface area contributed by atoms with Gasteiger partial charge in [0.2, 0.25) is 0 Å². The molecular formula is C16H16Cl2N4O4S. The quantitative estimate of drug-likeness (QED) is 0.705. The van der Waals surface area contributed by atoms with E-state index in [0.717, 1.165) is 18.2 Å². The highest BCUT2D eigenvalue weighted by Crippen LogP contribution is 2.27. The molecule has 0 radical (unpaired) electrons. The van der Waals surface area contributed by atoms with Crippen molar-refractivity contribution < 1.29 is 19.1 Å². The molecule has 27 heavy (non-hydrogen) atoms. The first-order chi connectivity index (χ1) is 13.0. The van der Waals surface area contributed by atoms with Crippen molar-refractivity contribution in [3.05, 3.63) is 39.3 Å². The maximum Gasteiger partial charge on any atom is 0.289 e. The smallest absolute Gasteiger partial charge is 0.289 e. The van der Waals surface area contributed by atoms with E-state index in [1.54, 1.807) is 17.5 Å². The number of ether oxygens (including phenoxy) is 2. The summed E-state index contributed by atoms with van der Waals surface area (Å²) in [7, 11) is 0. The lowest BCUT2D eigenvalue weighted by Gasteiger charge is -2.25. The van der Waals surface area contributed by atoms with Crippen molar-refractivity contribution in [1.82, 2.24) is 15.8 Å². The summed E-state index contributed by atoms with van der Waals surface area (Å²) in [5, 5.41) is 3.14. The van der Waals surface area contributed by atoms with Gasteiger partial charge in [0, 0.05) is 29.6 Å². The Balaban J connectivity index is 1.46. The first-order valence-corrected chi connectivity index (χ1v) is 9.62. The van der Waals surface area contributed by atoms with Crippen LogP contribution in [0.1, 0.15) is 10.5 Å². The highest BCUT2D eigenvalue weighted by atomic mass is 35.5. The van der Waals surface area contributed by atoms with Crippen LogP contribution in [0.3, 0.4) is 0 Å². The monoisotopic (exact) mass is 430 g/mol. The number of hydrazine groups is 1. The molecule has 3 rings (SSSR count). The molecule has 2 aromatic rings. The second kappa shape index (κ2) is 9.23. The summed E-state index contributed by atoms with van der Waals surface area (Å²) in [5.41, 5.74) is 4.79. The number of hydrogen-bond acceptors (Lipinski definition) is 7. The maximum atomic E-state index is 12.1. The fourth-order valence-electron chi connectivity index (χ4n) is 2.23. The predicted octanol–water partition coefficient (Wildman–Crippen LogP) is 2.13. The summed E-state index contributed by atoms with van der Waals surface area (Å²) < 4.78 is 10.6. The molecule has 8 nitrogen and oxygen atoms in total. The van der Waals surface area contributed by atoms with Gasteiger partial charge in [-0.1, -0.05) is 23.2 Å². The average Bonchev–Trinajstić information content (AvgIpc) is 3.18. The molecule has 0 aliphatic carbocycles. The Morgan fingerprint density at radius 2 is 2.04 bits per heavy atom. The zero-order valence-corrected chi connectivity index (χ0v) is 16.4. The van der Waals surface area contributed by atoms with Crippen LogP contribution in [0.5, 0.6) is 5.75 Å². The second-order valence-corrected chi connectivity index (χ2v) is 7.16. The lowest BCUT2D eigenvalue weighted by molar-refractivity contribution is -0.123. The van der Waals surface area contributed by atoms with E-state index >= 15 is 0 Å². The molecule has 1 saturated heterocycles. The van der Waals surface area contributed by atoms with Crippen LogP contribution in [0, 0.1) is 0 Å². The normalized spacial score (nSPS) is 13.9. The fraction of sp³-hybridized carbons (Fsp3) is 0.312. The van der Waals surface area contributed by atoms with Crippen molar-refractivity contribution in [3.63, 3.8) is 0 Å². The Kier molecular flexibility index (Phi) is 6.73. The first kappa shape index (κ1) is 19.7. The molecule has 0 unspecified atom stereocenters. The Hall–Kier alpha value is -2.07. The van der Waals surface area contributed by atoms with Gasteiger partial charge in [-0.3, -0.25) is 20.4 Å². The van der Waals surface area contributed by atoms with Crippen LogP contribution >= 0.6 is 34.5 Å². The summed E-state index contributed by atoms with van der Waals surface area (Å²) in [4.78, 5) is 30.3. The minimum Gasteiger partial charge on any atom is -0.482 e. The number of rotatable bonds is 5.